The van der Waals surface area contributed by atoms with E-state index in [1.54, 1.807) is 0 Å². The van der Waals surface area contributed by atoms with Gasteiger partial charge in [0.15, 0.2) is 0 Å². The van der Waals surface area contributed by atoms with Crippen molar-refractivity contribution in [1.29, 1.82) is 0 Å². The molecule has 1 aromatic rings. The van der Waals surface area contributed by atoms with Crippen LogP contribution in [0.1, 0.15) is 12.5 Å². The lowest BCUT2D eigenvalue weighted by Crippen LogP contribution is -2.15. The molecule has 0 aliphatic carbocycles. The normalized spacial score (nSPS) is 9.80. The van der Waals surface area contributed by atoms with Crippen LogP contribution in [0, 0.1) is 6.92 Å². The first-order chi connectivity index (χ1) is 4.84. The van der Waals surface area contributed by atoms with E-state index in [1.807, 2.05) is 0 Å². The van der Waals surface area contributed by atoms with Gasteiger partial charge in [0, 0.05) is 0 Å². The Kier molecular flexibility index (Phi) is 2.69. The number of rotatable bonds is 2. The molecule has 1 aromatic carbocycles. The molecule has 0 saturated heterocycles. The van der Waals surface area contributed by atoms with Crippen molar-refractivity contribution in [3.05, 3.63) is 29.8 Å². The molecule has 2 radical (unpaired) electrons. The minimum atomic E-state index is 0.986. The summed E-state index contributed by atoms with van der Waals surface area (Å²) in [6.45, 7) is 4.41. The molecular weight excluding hydrogens is 136 g/mol. The van der Waals surface area contributed by atoms with E-state index >= 15 is 0 Å². The molecule has 10 heavy (non-hydrogen) atoms. The molecule has 0 saturated carbocycles. The van der Waals surface area contributed by atoms with Crippen LogP contribution in [0.25, 0.3) is 0 Å². The van der Waals surface area contributed by atoms with Crippen LogP contribution in [0.15, 0.2) is 24.3 Å². The maximum atomic E-state index is 2.23. The van der Waals surface area contributed by atoms with Gasteiger partial charge in [0.05, 0.1) is 9.52 Å². The zero-order valence-electron chi connectivity index (χ0n) is 6.52. The van der Waals surface area contributed by atoms with Gasteiger partial charge in [-0.25, -0.2) is 0 Å². The first-order valence-corrected chi connectivity index (χ1v) is 4.85. The largest absolute Gasteiger partial charge is 0.0808 e. The second-order valence-electron chi connectivity index (χ2n) is 2.35. The highest BCUT2D eigenvalue weighted by molar-refractivity contribution is 6.53. The topological polar surface area (TPSA) is 0 Å². The maximum Gasteiger partial charge on any atom is 0.0808 e. The Balaban J connectivity index is 2.81. The molecule has 0 spiro atoms. The molecule has 0 aliphatic heterocycles. The molecule has 1 rings (SSSR count). The van der Waals surface area contributed by atoms with Gasteiger partial charge >= 0.3 is 0 Å². The van der Waals surface area contributed by atoms with Crippen molar-refractivity contribution in [2.75, 3.05) is 0 Å². The minimum Gasteiger partial charge on any atom is -0.0679 e. The van der Waals surface area contributed by atoms with Crippen molar-refractivity contribution in [2.24, 2.45) is 0 Å². The highest BCUT2D eigenvalue weighted by Crippen LogP contribution is 1.92. The molecule has 0 unspecified atom stereocenters. The fourth-order valence-electron chi connectivity index (χ4n) is 0.962. The van der Waals surface area contributed by atoms with Crippen LogP contribution in [0.4, 0.5) is 0 Å². The van der Waals surface area contributed by atoms with Crippen LogP contribution >= 0.6 is 0 Å². The standard InChI is InChI=1S/C9H12Si/c1-3-10-9-7-5-4-6-8(9)2/h4-7H,3H2,1-2H3. The van der Waals surface area contributed by atoms with Crippen molar-refractivity contribution < 1.29 is 0 Å². The highest BCUT2D eigenvalue weighted by Gasteiger charge is 1.93. The van der Waals surface area contributed by atoms with Gasteiger partial charge < -0.3 is 0 Å². The number of hydrogen-bond donors (Lipinski definition) is 0. The van der Waals surface area contributed by atoms with Crippen molar-refractivity contribution in [1.82, 2.24) is 0 Å². The van der Waals surface area contributed by atoms with Gasteiger partial charge in [-0.05, 0) is 6.92 Å². The predicted octanol–water partition coefficient (Wildman–Crippen LogP) is 1.76. The van der Waals surface area contributed by atoms with E-state index < -0.39 is 0 Å². The van der Waals surface area contributed by atoms with Gasteiger partial charge in [-0.1, -0.05) is 48.0 Å². The van der Waals surface area contributed by atoms with Gasteiger partial charge in [0.2, 0.25) is 0 Å². The van der Waals surface area contributed by atoms with E-state index in [-0.39, 0.29) is 0 Å². The molecule has 0 heterocycles. The fourth-order valence-corrected chi connectivity index (χ4v) is 1.92. The molecule has 1 heteroatoms. The van der Waals surface area contributed by atoms with E-state index in [0.29, 0.717) is 0 Å². The highest BCUT2D eigenvalue weighted by atomic mass is 28.2. The molecule has 0 aromatic heterocycles. The molecule has 0 fully saturated rings. The van der Waals surface area contributed by atoms with Crippen LogP contribution in [0.5, 0.6) is 0 Å². The van der Waals surface area contributed by atoms with Crippen molar-refractivity contribution in [3.8, 4) is 0 Å². The van der Waals surface area contributed by atoms with Crippen LogP contribution in [0.3, 0.4) is 0 Å². The summed E-state index contributed by atoms with van der Waals surface area (Å²) < 4.78 is 0. The zero-order valence-corrected chi connectivity index (χ0v) is 7.52. The molecule has 0 amide bonds. The summed E-state index contributed by atoms with van der Waals surface area (Å²) in [5.74, 6) is 0. The Morgan fingerprint density at radius 1 is 1.30 bits per heavy atom. The molecular formula is C9H12Si. The van der Waals surface area contributed by atoms with Crippen LogP contribution < -0.4 is 5.19 Å². The Morgan fingerprint density at radius 2 is 2.00 bits per heavy atom. The number of aryl methyl sites for hydroxylation is 1. The van der Waals surface area contributed by atoms with Gasteiger partial charge in [0.1, 0.15) is 0 Å². The Bertz CT molecular complexity index is 206. The van der Waals surface area contributed by atoms with Crippen molar-refractivity contribution in [2.45, 2.75) is 19.9 Å². The molecule has 0 nitrogen and oxygen atoms in total. The van der Waals surface area contributed by atoms with Crippen molar-refractivity contribution in [3.63, 3.8) is 0 Å². The Hall–Kier alpha value is -0.563. The molecule has 0 N–H and O–H groups in total. The molecule has 52 valence electrons. The van der Waals surface area contributed by atoms with E-state index in [4.69, 9.17) is 0 Å². The Labute approximate surface area is 65.1 Å². The van der Waals surface area contributed by atoms with E-state index in [0.717, 1.165) is 9.52 Å². The fraction of sp³-hybridized carbons (Fsp3) is 0.333. The SMILES string of the molecule is CC[Si]c1ccccc1C. The van der Waals surface area contributed by atoms with Crippen LogP contribution in [-0.2, 0) is 0 Å². The summed E-state index contributed by atoms with van der Waals surface area (Å²) in [7, 11) is 0.986. The monoisotopic (exact) mass is 148 g/mol. The smallest absolute Gasteiger partial charge is 0.0679 e. The first-order valence-electron chi connectivity index (χ1n) is 3.64. The zero-order chi connectivity index (χ0) is 7.40. The third-order valence-corrected chi connectivity index (χ3v) is 2.81. The minimum absolute atomic E-state index is 0.986. The lowest BCUT2D eigenvalue weighted by Gasteiger charge is -2.00. The summed E-state index contributed by atoms with van der Waals surface area (Å²) in [5.41, 5.74) is 1.43. The predicted molar refractivity (Wildman–Crippen MR) is 47.0 cm³/mol. The van der Waals surface area contributed by atoms with Gasteiger partial charge in [-0.15, -0.1) is 0 Å². The van der Waals surface area contributed by atoms with E-state index in [9.17, 15) is 0 Å². The van der Waals surface area contributed by atoms with E-state index in [2.05, 4.69) is 38.1 Å². The van der Waals surface area contributed by atoms with E-state index in [1.165, 1.54) is 16.8 Å². The Morgan fingerprint density at radius 3 is 2.60 bits per heavy atom. The molecule has 0 atom stereocenters. The summed E-state index contributed by atoms with van der Waals surface area (Å²) in [6.07, 6.45) is 0. The number of benzene rings is 1. The second-order valence-corrected chi connectivity index (χ2v) is 3.94. The van der Waals surface area contributed by atoms with Crippen LogP contribution in [0.2, 0.25) is 6.04 Å². The van der Waals surface area contributed by atoms with Crippen molar-refractivity contribution >= 4 is 14.7 Å². The number of hydrogen-bond acceptors (Lipinski definition) is 0. The first kappa shape index (κ1) is 7.54. The summed E-state index contributed by atoms with van der Waals surface area (Å²) in [6, 6.07) is 9.88. The average Bonchev–Trinajstić information content (AvgIpc) is 1.94. The molecule has 0 aliphatic rings. The summed E-state index contributed by atoms with van der Waals surface area (Å²) >= 11 is 0. The van der Waals surface area contributed by atoms with Gasteiger partial charge in [-0.2, -0.15) is 0 Å². The molecule has 0 bridgehead atoms. The van der Waals surface area contributed by atoms with Gasteiger partial charge in [-0.3, -0.25) is 0 Å². The third kappa shape index (κ3) is 1.71. The lowest BCUT2D eigenvalue weighted by atomic mass is 10.2. The average molecular weight is 148 g/mol. The summed E-state index contributed by atoms with van der Waals surface area (Å²) in [4.78, 5) is 0. The quantitative estimate of drug-likeness (QED) is 0.561. The third-order valence-electron chi connectivity index (χ3n) is 1.51. The maximum absolute atomic E-state index is 2.23. The lowest BCUT2D eigenvalue weighted by molar-refractivity contribution is 1.44. The second kappa shape index (κ2) is 3.57. The van der Waals surface area contributed by atoms with Crippen LogP contribution in [-0.4, -0.2) is 9.52 Å². The van der Waals surface area contributed by atoms with Gasteiger partial charge in [0.25, 0.3) is 0 Å². The summed E-state index contributed by atoms with van der Waals surface area (Å²) in [5, 5.41) is 1.52.